The highest BCUT2D eigenvalue weighted by molar-refractivity contribution is 5.70. The molecule has 1 aliphatic heterocycles. The number of hydrogen-bond acceptors (Lipinski definition) is 5. The third-order valence-electron chi connectivity index (χ3n) is 4.02. The maximum absolute atomic E-state index is 12.3. The highest BCUT2D eigenvalue weighted by Crippen LogP contribution is 2.38. The van der Waals surface area contributed by atoms with Crippen LogP contribution in [-0.2, 0) is 14.3 Å². The van der Waals surface area contributed by atoms with Crippen molar-refractivity contribution in [2.24, 2.45) is 0 Å². The summed E-state index contributed by atoms with van der Waals surface area (Å²) in [6.07, 6.45) is 1.14. The normalized spacial score (nSPS) is 22.5. The maximum atomic E-state index is 12.3. The zero-order valence-corrected chi connectivity index (χ0v) is 15.1. The molecule has 6 heteroatoms. The molecule has 0 N–H and O–H groups in total. The van der Waals surface area contributed by atoms with Crippen LogP contribution in [0.4, 0.5) is 0 Å². The predicted molar refractivity (Wildman–Crippen MR) is 86.2 cm³/mol. The Kier molecular flexibility index (Phi) is 6.01. The van der Waals surface area contributed by atoms with Gasteiger partial charge in [0.1, 0.15) is 19.8 Å². The van der Waals surface area contributed by atoms with E-state index in [0.29, 0.717) is 19.4 Å². The number of hydrogen-bond donors (Lipinski definition) is 0. The van der Waals surface area contributed by atoms with Crippen molar-refractivity contribution >= 4 is 5.97 Å². The Morgan fingerprint density at radius 1 is 1.18 bits per heavy atom. The second-order valence-corrected chi connectivity index (χ2v) is 8.49. The summed E-state index contributed by atoms with van der Waals surface area (Å²) in [6, 6.07) is 0. The number of carbonyl (C=O) groups is 1. The van der Waals surface area contributed by atoms with E-state index in [2.05, 4.69) is 0 Å². The molecule has 0 saturated carbocycles. The SMILES string of the molecule is CC1(C)CC(OCC(=O)OCC[N+](C)(C)C)CC(C)(C)N1[O-]. The molecule has 0 spiro atoms. The Labute approximate surface area is 134 Å². The van der Waals surface area contributed by atoms with Gasteiger partial charge in [0, 0.05) is 11.1 Å². The maximum Gasteiger partial charge on any atom is 0.332 e. The zero-order chi connectivity index (χ0) is 17.2. The molecule has 0 aliphatic carbocycles. The van der Waals surface area contributed by atoms with Crippen molar-refractivity contribution in [3.8, 4) is 0 Å². The lowest BCUT2D eigenvalue weighted by molar-refractivity contribution is -0.870. The number of carbonyl (C=O) groups excluding carboxylic acids is 1. The van der Waals surface area contributed by atoms with Crippen molar-refractivity contribution in [2.45, 2.75) is 57.7 Å². The van der Waals surface area contributed by atoms with Crippen LogP contribution >= 0.6 is 0 Å². The van der Waals surface area contributed by atoms with Gasteiger partial charge < -0.3 is 24.2 Å². The summed E-state index contributed by atoms with van der Waals surface area (Å²) < 4.78 is 11.6. The van der Waals surface area contributed by atoms with Gasteiger partial charge in [0.2, 0.25) is 0 Å². The first-order chi connectivity index (χ1) is 9.83. The van der Waals surface area contributed by atoms with Gasteiger partial charge >= 0.3 is 5.97 Å². The Morgan fingerprint density at radius 2 is 1.68 bits per heavy atom. The van der Waals surface area contributed by atoms with Gasteiger partial charge in [-0.3, -0.25) is 0 Å². The molecule has 0 atom stereocenters. The van der Waals surface area contributed by atoms with Crippen molar-refractivity contribution in [1.82, 2.24) is 5.06 Å². The molecular formula is C16H32N2O4. The molecular weight excluding hydrogens is 284 g/mol. The molecule has 0 aromatic heterocycles. The molecule has 1 saturated heterocycles. The van der Waals surface area contributed by atoms with Crippen LogP contribution in [0.25, 0.3) is 0 Å². The van der Waals surface area contributed by atoms with Crippen LogP contribution < -0.4 is 0 Å². The number of hydroxylamine groups is 2. The molecule has 0 radical (unpaired) electrons. The van der Waals surface area contributed by atoms with E-state index in [0.717, 1.165) is 16.1 Å². The first-order valence-corrected chi connectivity index (χ1v) is 7.89. The molecule has 0 unspecified atom stereocenters. The van der Waals surface area contributed by atoms with Crippen LogP contribution in [0.1, 0.15) is 40.5 Å². The summed E-state index contributed by atoms with van der Waals surface area (Å²) >= 11 is 0. The molecule has 130 valence electrons. The summed E-state index contributed by atoms with van der Waals surface area (Å²) in [6.45, 7) is 8.76. The molecule has 6 nitrogen and oxygen atoms in total. The minimum Gasteiger partial charge on any atom is -0.784 e. The fourth-order valence-electron chi connectivity index (χ4n) is 2.95. The number of likely N-dealkylation sites (N-methyl/N-ethyl adjacent to an activating group) is 1. The van der Waals surface area contributed by atoms with Crippen molar-refractivity contribution < 1.29 is 18.8 Å². The van der Waals surface area contributed by atoms with E-state index in [9.17, 15) is 10.0 Å². The number of quaternary nitrogens is 1. The van der Waals surface area contributed by atoms with Crippen LogP contribution in [0.5, 0.6) is 0 Å². The number of rotatable bonds is 6. The fourth-order valence-corrected chi connectivity index (χ4v) is 2.95. The van der Waals surface area contributed by atoms with Crippen molar-refractivity contribution in [3.05, 3.63) is 5.21 Å². The number of ether oxygens (including phenoxy) is 2. The third kappa shape index (κ3) is 5.83. The predicted octanol–water partition coefficient (Wildman–Crippen LogP) is 1.77. The van der Waals surface area contributed by atoms with Gasteiger partial charge in [0.15, 0.2) is 0 Å². The second kappa shape index (κ2) is 6.83. The van der Waals surface area contributed by atoms with E-state index in [1.165, 1.54) is 0 Å². The van der Waals surface area contributed by atoms with E-state index in [4.69, 9.17) is 9.47 Å². The largest absolute Gasteiger partial charge is 0.784 e. The summed E-state index contributed by atoms with van der Waals surface area (Å²) in [7, 11) is 6.14. The van der Waals surface area contributed by atoms with Crippen molar-refractivity contribution in [3.63, 3.8) is 0 Å². The molecule has 0 aromatic carbocycles. The van der Waals surface area contributed by atoms with Crippen LogP contribution in [0.2, 0.25) is 0 Å². The lowest BCUT2D eigenvalue weighted by atomic mass is 9.80. The molecule has 1 heterocycles. The first kappa shape index (κ1) is 19.4. The Bertz CT molecular complexity index is 370. The number of nitrogens with zero attached hydrogens (tertiary/aromatic N) is 2. The van der Waals surface area contributed by atoms with Gasteiger partial charge in [-0.05, 0) is 40.5 Å². The van der Waals surface area contributed by atoms with E-state index in [-0.39, 0.29) is 18.7 Å². The van der Waals surface area contributed by atoms with Crippen molar-refractivity contribution in [1.29, 1.82) is 0 Å². The molecule has 1 fully saturated rings. The summed E-state index contributed by atoms with van der Waals surface area (Å²) in [5.41, 5.74) is -0.972. The topological polar surface area (TPSA) is 61.8 Å². The minimum absolute atomic E-state index is 0.0488. The minimum atomic E-state index is -0.486. The number of piperidine rings is 1. The Balaban J connectivity index is 2.40. The van der Waals surface area contributed by atoms with Crippen LogP contribution in [0.15, 0.2) is 0 Å². The lowest BCUT2D eigenvalue weighted by Gasteiger charge is -2.59. The second-order valence-electron chi connectivity index (χ2n) is 8.49. The summed E-state index contributed by atoms with van der Waals surface area (Å²) in [5, 5.41) is 13.4. The van der Waals surface area contributed by atoms with Gasteiger partial charge in [0.25, 0.3) is 0 Å². The van der Waals surface area contributed by atoms with Gasteiger partial charge in [-0.2, -0.15) is 0 Å². The average molecular weight is 316 g/mol. The standard InChI is InChI=1S/C16H32N2O4/c1-15(2)10-13(11-16(3,4)17(15)20)22-12-14(19)21-9-8-18(5,6)7/h13H,8-12H2,1-7H3. The van der Waals surface area contributed by atoms with Gasteiger partial charge in [-0.25, -0.2) is 4.79 Å². The van der Waals surface area contributed by atoms with E-state index in [1.807, 2.05) is 48.8 Å². The molecule has 0 bridgehead atoms. The van der Waals surface area contributed by atoms with Gasteiger partial charge in [0.05, 0.1) is 27.2 Å². The summed E-state index contributed by atoms with van der Waals surface area (Å²) in [5.74, 6) is -0.339. The monoisotopic (exact) mass is 316 g/mol. The zero-order valence-electron chi connectivity index (χ0n) is 15.1. The highest BCUT2D eigenvalue weighted by atomic mass is 16.6. The van der Waals surface area contributed by atoms with E-state index < -0.39 is 11.1 Å². The summed E-state index contributed by atoms with van der Waals surface area (Å²) in [4.78, 5) is 11.7. The smallest absolute Gasteiger partial charge is 0.332 e. The Morgan fingerprint density at radius 3 is 2.14 bits per heavy atom. The highest BCUT2D eigenvalue weighted by Gasteiger charge is 2.40. The molecule has 1 aliphatic rings. The number of esters is 1. The van der Waals surface area contributed by atoms with Crippen LogP contribution in [0.3, 0.4) is 0 Å². The van der Waals surface area contributed by atoms with Crippen LogP contribution in [-0.4, -0.2) is 73.6 Å². The average Bonchev–Trinajstić information content (AvgIpc) is 2.31. The van der Waals surface area contributed by atoms with E-state index >= 15 is 0 Å². The fraction of sp³-hybridized carbons (Fsp3) is 0.938. The molecule has 0 amide bonds. The third-order valence-corrected chi connectivity index (χ3v) is 4.02. The van der Waals surface area contributed by atoms with Crippen LogP contribution in [0, 0.1) is 5.21 Å². The molecule has 1 rings (SSSR count). The molecule has 22 heavy (non-hydrogen) atoms. The van der Waals surface area contributed by atoms with Crippen molar-refractivity contribution in [2.75, 3.05) is 40.9 Å². The Hall–Kier alpha value is -0.690. The van der Waals surface area contributed by atoms with E-state index in [1.54, 1.807) is 0 Å². The molecule has 0 aromatic rings. The quantitative estimate of drug-likeness (QED) is 0.552. The lowest BCUT2D eigenvalue weighted by Crippen LogP contribution is -2.59. The van der Waals surface area contributed by atoms with Gasteiger partial charge in [-0.1, -0.05) is 0 Å². The first-order valence-electron chi connectivity index (χ1n) is 7.89. The van der Waals surface area contributed by atoms with Gasteiger partial charge in [-0.15, -0.1) is 0 Å².